The van der Waals surface area contributed by atoms with Gasteiger partial charge in [0.1, 0.15) is 11.1 Å². The molecular weight excluding hydrogens is 456 g/mol. The van der Waals surface area contributed by atoms with Crippen LogP contribution in [-0.2, 0) is 10.4 Å². The van der Waals surface area contributed by atoms with Crippen molar-refractivity contribution in [3.05, 3.63) is 81.2 Å². The van der Waals surface area contributed by atoms with Gasteiger partial charge in [-0.2, -0.15) is 0 Å². The van der Waals surface area contributed by atoms with Crippen LogP contribution in [0.4, 0.5) is 0 Å². The van der Waals surface area contributed by atoms with Crippen LogP contribution in [0.5, 0.6) is 0 Å². The van der Waals surface area contributed by atoms with Crippen LogP contribution in [0, 0.1) is 22.3 Å². The van der Waals surface area contributed by atoms with Crippen molar-refractivity contribution in [3.8, 4) is 11.8 Å². The summed E-state index contributed by atoms with van der Waals surface area (Å²) in [7, 11) is 0. The topological polar surface area (TPSA) is 98.4 Å². The molecule has 0 amide bonds. The number of nitrogens with zero attached hydrogens (tertiary/aromatic N) is 4. The first kappa shape index (κ1) is 25.5. The summed E-state index contributed by atoms with van der Waals surface area (Å²) in [4.78, 5) is 0. The second kappa shape index (κ2) is 7.99. The fraction of sp³-hybridized carbons (Fsp3) is 0.429. The third kappa shape index (κ3) is 3.46. The predicted molar refractivity (Wildman–Crippen MR) is 136 cm³/mol. The van der Waals surface area contributed by atoms with Crippen molar-refractivity contribution in [1.29, 1.82) is 0 Å². The van der Waals surface area contributed by atoms with Crippen molar-refractivity contribution in [2.45, 2.75) is 77.5 Å². The number of amidine groups is 2. The third-order valence-corrected chi connectivity index (χ3v) is 8.43. The number of rotatable bonds is 2. The number of benzene rings is 2. The van der Waals surface area contributed by atoms with Crippen molar-refractivity contribution >= 4 is 11.7 Å². The Morgan fingerprint density at radius 2 is 0.861 bits per heavy atom. The molecule has 2 aliphatic heterocycles. The molecule has 0 fully saturated rings. The van der Waals surface area contributed by atoms with Crippen LogP contribution in [0.15, 0.2) is 48.5 Å². The lowest BCUT2D eigenvalue weighted by Crippen LogP contribution is -2.53. The summed E-state index contributed by atoms with van der Waals surface area (Å²) in [5.74, 6) is 6.33. The average Bonchev–Trinajstić information content (AvgIpc) is 3.02. The van der Waals surface area contributed by atoms with Gasteiger partial charge in [-0.1, -0.05) is 22.0 Å². The maximum absolute atomic E-state index is 12.8. The Hall–Kier alpha value is -3.54. The highest BCUT2D eigenvalue weighted by Gasteiger charge is 2.60. The smallest absolute Gasteiger partial charge is 0.316 e. The summed E-state index contributed by atoms with van der Waals surface area (Å²) in [5, 5.41) is 53.0. The minimum absolute atomic E-state index is 0.0932. The second-order valence-corrected chi connectivity index (χ2v) is 11.5. The predicted octanol–water partition coefficient (Wildman–Crippen LogP) is 4.04. The van der Waals surface area contributed by atoms with E-state index in [0.29, 0.717) is 11.1 Å². The van der Waals surface area contributed by atoms with Gasteiger partial charge < -0.3 is 10.4 Å². The summed E-state index contributed by atoms with van der Waals surface area (Å²) in [6.45, 7) is 14.1. The molecule has 2 aliphatic rings. The largest absolute Gasteiger partial charge is 0.714 e. The first-order valence-corrected chi connectivity index (χ1v) is 11.9. The van der Waals surface area contributed by atoms with E-state index in [9.17, 15) is 20.8 Å². The van der Waals surface area contributed by atoms with Gasteiger partial charge in [-0.3, -0.25) is 9.48 Å². The standard InChI is InChI=1S/C28H32N4O4/c1-25(2)26(3,4)30(34)23(29(25)33)21-15-11-19(12-16-21)9-10-20-13-17-22(18-14-20)24-31(35)27(5,6)28(7,8)32(24)36/h11-18H,1-8H3. The first-order chi connectivity index (χ1) is 16.5. The summed E-state index contributed by atoms with van der Waals surface area (Å²) in [5.41, 5.74) is -0.964. The van der Waals surface area contributed by atoms with Crippen molar-refractivity contribution in [3.63, 3.8) is 0 Å². The highest BCUT2D eigenvalue weighted by atomic mass is 16.5. The molecule has 2 aromatic carbocycles. The molecular formula is C28H32N4O4. The molecule has 0 spiro atoms. The maximum atomic E-state index is 12.8. The molecule has 0 saturated carbocycles. The Bertz CT molecular complexity index is 1220. The van der Waals surface area contributed by atoms with Crippen molar-refractivity contribution in [1.82, 2.24) is 10.1 Å². The second-order valence-electron chi connectivity index (χ2n) is 11.5. The van der Waals surface area contributed by atoms with E-state index in [1.807, 2.05) is 0 Å². The van der Waals surface area contributed by atoms with E-state index in [0.717, 1.165) is 30.7 Å². The lowest BCUT2D eigenvalue weighted by Gasteiger charge is -2.32. The Morgan fingerprint density at radius 3 is 1.08 bits per heavy atom. The average molecular weight is 489 g/mol. The maximum Gasteiger partial charge on any atom is 0.316 e. The zero-order valence-corrected chi connectivity index (χ0v) is 22.0. The molecule has 2 heterocycles. The highest BCUT2D eigenvalue weighted by molar-refractivity contribution is 5.96. The third-order valence-electron chi connectivity index (χ3n) is 8.43. The lowest BCUT2D eigenvalue weighted by atomic mass is 9.84. The fourth-order valence-electron chi connectivity index (χ4n) is 4.24. The quantitative estimate of drug-likeness (QED) is 0.362. The van der Waals surface area contributed by atoms with Gasteiger partial charge in [0, 0.05) is 21.5 Å². The summed E-state index contributed by atoms with van der Waals surface area (Å²) in [6.07, 6.45) is 0. The van der Waals surface area contributed by atoms with Gasteiger partial charge in [-0.15, -0.1) is 0 Å². The van der Waals surface area contributed by atoms with Gasteiger partial charge >= 0.3 is 11.7 Å². The zero-order chi connectivity index (χ0) is 26.8. The minimum Gasteiger partial charge on any atom is -0.714 e. The van der Waals surface area contributed by atoms with Crippen LogP contribution in [-0.4, -0.2) is 53.4 Å². The van der Waals surface area contributed by atoms with Crippen LogP contribution < -0.4 is 0 Å². The van der Waals surface area contributed by atoms with Gasteiger partial charge in [0.05, 0.1) is 11.1 Å². The SMILES string of the molecule is CC1(C)N([O])C(c2ccc(C#Cc3ccc(C4=[N+]([O-])C(C)(C)C(C)(C)N4[O])cc3)cc2)=[N+]([O-])C1(C)C. The molecule has 36 heavy (non-hydrogen) atoms. The van der Waals surface area contributed by atoms with Crippen LogP contribution in [0.3, 0.4) is 0 Å². The monoisotopic (exact) mass is 488 g/mol. The Morgan fingerprint density at radius 1 is 0.583 bits per heavy atom. The van der Waals surface area contributed by atoms with Gasteiger partial charge in [0.15, 0.2) is 11.1 Å². The van der Waals surface area contributed by atoms with Crippen LogP contribution in [0.2, 0.25) is 0 Å². The number of hydrogen-bond donors (Lipinski definition) is 0. The Kier molecular flexibility index (Phi) is 5.67. The molecule has 0 saturated heterocycles. The molecule has 2 radical (unpaired) electrons. The molecule has 0 atom stereocenters. The van der Waals surface area contributed by atoms with Crippen molar-refractivity contribution < 1.29 is 19.9 Å². The molecule has 188 valence electrons. The van der Waals surface area contributed by atoms with Crippen LogP contribution in [0.25, 0.3) is 0 Å². The van der Waals surface area contributed by atoms with Gasteiger partial charge in [-0.25, -0.2) is 0 Å². The van der Waals surface area contributed by atoms with E-state index in [2.05, 4.69) is 11.8 Å². The van der Waals surface area contributed by atoms with E-state index < -0.39 is 22.2 Å². The van der Waals surface area contributed by atoms with Crippen molar-refractivity contribution in [2.75, 3.05) is 0 Å². The molecule has 8 nitrogen and oxygen atoms in total. The summed E-state index contributed by atoms with van der Waals surface area (Å²) < 4.78 is 1.58. The normalized spacial score (nSPS) is 21.6. The zero-order valence-electron chi connectivity index (χ0n) is 22.0. The van der Waals surface area contributed by atoms with Crippen LogP contribution in [0.1, 0.15) is 77.6 Å². The van der Waals surface area contributed by atoms with Gasteiger partial charge in [0.2, 0.25) is 0 Å². The van der Waals surface area contributed by atoms with Gasteiger partial charge in [0.25, 0.3) is 0 Å². The van der Waals surface area contributed by atoms with Gasteiger partial charge in [-0.05, 0) is 104 Å². The molecule has 0 bridgehead atoms. The lowest BCUT2D eigenvalue weighted by molar-refractivity contribution is -0.539. The van der Waals surface area contributed by atoms with Crippen LogP contribution >= 0.6 is 0 Å². The van der Waals surface area contributed by atoms with E-state index in [-0.39, 0.29) is 11.7 Å². The molecule has 4 rings (SSSR count). The molecule has 0 aromatic heterocycles. The minimum atomic E-state index is -0.872. The molecule has 0 unspecified atom stereocenters. The highest BCUT2D eigenvalue weighted by Crippen LogP contribution is 2.38. The molecule has 2 aromatic rings. The van der Waals surface area contributed by atoms with E-state index >= 15 is 0 Å². The van der Waals surface area contributed by atoms with Crippen molar-refractivity contribution in [2.24, 2.45) is 0 Å². The molecule has 0 aliphatic carbocycles. The van der Waals surface area contributed by atoms with E-state index in [1.165, 1.54) is 0 Å². The number of hydroxylamine groups is 6. The Balaban J connectivity index is 1.56. The Labute approximate surface area is 212 Å². The first-order valence-electron chi connectivity index (χ1n) is 11.9. The van der Waals surface area contributed by atoms with E-state index in [1.54, 1.807) is 104 Å². The molecule has 0 N–H and O–H groups in total. The molecule has 8 heteroatoms. The van der Waals surface area contributed by atoms with E-state index in [4.69, 9.17) is 0 Å². The summed E-state index contributed by atoms with van der Waals surface area (Å²) >= 11 is 0. The number of hydrogen-bond acceptors (Lipinski definition) is 4. The fourth-order valence-corrected chi connectivity index (χ4v) is 4.24. The summed E-state index contributed by atoms with van der Waals surface area (Å²) in [6, 6.07) is 14.0.